The maximum absolute atomic E-state index is 11.2. The van der Waals surface area contributed by atoms with Gasteiger partial charge in [0.25, 0.3) is 11.4 Å². The van der Waals surface area contributed by atoms with Crippen molar-refractivity contribution >= 4 is 44.8 Å². The number of imidazole rings is 1. The number of nitro groups is 3. The summed E-state index contributed by atoms with van der Waals surface area (Å²) in [6, 6.07) is 9.50. The van der Waals surface area contributed by atoms with Crippen molar-refractivity contribution in [2.75, 3.05) is 39.5 Å². The summed E-state index contributed by atoms with van der Waals surface area (Å²) in [6.45, 7) is 3.65. The number of para-hydroxylation sites is 1. The third-order valence-corrected chi connectivity index (χ3v) is 10.7. The molecule has 0 saturated carbocycles. The number of benzene rings is 2. The molecule has 4 aliphatic rings. The van der Waals surface area contributed by atoms with Crippen molar-refractivity contribution in [3.8, 4) is 11.5 Å². The summed E-state index contributed by atoms with van der Waals surface area (Å²) in [5, 5.41) is 81.9. The monoisotopic (exact) mass is 900 g/mol. The number of pyridine rings is 1. The number of methoxy groups -OCH3 is 1. The molecule has 346 valence electrons. The van der Waals surface area contributed by atoms with E-state index in [2.05, 4.69) is 9.97 Å². The van der Waals surface area contributed by atoms with Crippen LogP contribution in [0.2, 0.25) is 0 Å². The van der Waals surface area contributed by atoms with E-state index < -0.39 is 70.0 Å². The standard InChI is InChI=1S/C13H14N2O5.C13H15NO7.C11H13N5O5.C2H6/c16-7-11-10(17)6-12(20-11)14-5-4-8-2-1-3-9(13(8)14)15(18)19;1-18-5-13-9(15)4-10(21-13)7-2-11-12(20-6-19-11)3-8(7)14(16)17;12-11-9-10(5(2-13-11)16(19)20)15(4-14-9)8-1-6(18)7(3-17)21-8;1-2/h1-5,10-12,16-17H,6-7H2;2-3,9-10,13,15H,4-6H2,1H3;2,4,6-8,17-18H,1,3H2,(H2,12,13);1-2H3/t10-,11-,12-;9-,10-,13-;6-,7-,8-;/m111./s1. The van der Waals surface area contributed by atoms with E-state index >= 15 is 0 Å². The lowest BCUT2D eigenvalue weighted by atomic mass is 10.0. The Hall–Kier alpha value is -6.16. The summed E-state index contributed by atoms with van der Waals surface area (Å²) in [5.41, 5.74) is 6.56. The van der Waals surface area contributed by atoms with E-state index in [1.807, 2.05) is 13.8 Å². The van der Waals surface area contributed by atoms with E-state index in [-0.39, 0.29) is 73.4 Å². The molecule has 0 radical (unpaired) electrons. The minimum atomic E-state index is -0.851. The van der Waals surface area contributed by atoms with Crippen LogP contribution < -0.4 is 15.2 Å². The first-order chi connectivity index (χ1) is 30.7. The molecule has 3 saturated heterocycles. The lowest BCUT2D eigenvalue weighted by Gasteiger charge is -2.14. The molecule has 4 aliphatic heterocycles. The van der Waals surface area contributed by atoms with Gasteiger partial charge in [0.15, 0.2) is 22.8 Å². The van der Waals surface area contributed by atoms with Crippen LogP contribution in [0.25, 0.3) is 21.9 Å². The van der Waals surface area contributed by atoms with Crippen molar-refractivity contribution in [2.45, 2.75) is 88.3 Å². The van der Waals surface area contributed by atoms with Gasteiger partial charge in [0.2, 0.25) is 6.79 Å². The summed E-state index contributed by atoms with van der Waals surface area (Å²) < 4.78 is 35.2. The van der Waals surface area contributed by atoms with Gasteiger partial charge in [-0.3, -0.25) is 34.9 Å². The number of hydrogen-bond donors (Lipinski definition) is 6. The van der Waals surface area contributed by atoms with E-state index in [9.17, 15) is 45.7 Å². The Morgan fingerprint density at radius 3 is 1.94 bits per heavy atom. The van der Waals surface area contributed by atoms with Gasteiger partial charge < -0.3 is 64.3 Å². The van der Waals surface area contributed by atoms with Crippen LogP contribution in [0.15, 0.2) is 55.1 Å². The second-order valence-electron chi connectivity index (χ2n) is 14.5. The average molecular weight is 901 g/mol. The largest absolute Gasteiger partial charge is 0.454 e. The van der Waals surface area contributed by atoms with Crippen molar-refractivity contribution in [1.82, 2.24) is 19.1 Å². The Kier molecular flexibility index (Phi) is 15.2. The molecule has 25 heteroatoms. The molecule has 0 unspecified atom stereocenters. The number of aromatic nitrogens is 4. The van der Waals surface area contributed by atoms with Gasteiger partial charge in [0.05, 0.1) is 77.0 Å². The zero-order valence-corrected chi connectivity index (χ0v) is 34.7. The molecular formula is C39H48N8O17. The second-order valence-corrected chi connectivity index (χ2v) is 14.5. The molecular weight excluding hydrogens is 852 g/mol. The summed E-state index contributed by atoms with van der Waals surface area (Å²) in [6.07, 6.45) is -1.10. The highest BCUT2D eigenvalue weighted by Gasteiger charge is 2.40. The SMILES string of the molecule is CC.COC[C@H]1O[C@@H](c2cc3c(cc2[N+](=O)[O-])OCO3)C[C@H]1O.Nc1ncc([N+](=O)[O-])c2c1ncn2[C@H]1C[C@@H](O)[C@@H](CO)O1.O=[N+]([O-])c1cccc2ccn([C@H]3C[C@@H](O)[C@@H](CO)O3)c12. The van der Waals surface area contributed by atoms with Crippen LogP contribution in [-0.4, -0.2) is 130 Å². The van der Waals surface area contributed by atoms with Gasteiger partial charge in [-0.1, -0.05) is 26.0 Å². The number of rotatable bonds is 10. The number of anilines is 1. The molecule has 0 bridgehead atoms. The number of aliphatic hydroxyl groups excluding tert-OH is 5. The summed E-state index contributed by atoms with van der Waals surface area (Å²) in [4.78, 5) is 39.8. The summed E-state index contributed by atoms with van der Waals surface area (Å²) in [7, 11) is 1.51. The minimum Gasteiger partial charge on any atom is -0.454 e. The Balaban J connectivity index is 0.000000156. The molecule has 5 aromatic rings. The van der Waals surface area contributed by atoms with Gasteiger partial charge in [0, 0.05) is 44.0 Å². The van der Waals surface area contributed by atoms with E-state index in [0.717, 1.165) is 11.6 Å². The fourth-order valence-electron chi connectivity index (χ4n) is 7.70. The minimum absolute atomic E-state index is 0.00182. The van der Waals surface area contributed by atoms with Crippen LogP contribution in [0.4, 0.5) is 22.9 Å². The summed E-state index contributed by atoms with van der Waals surface area (Å²) >= 11 is 0. The Labute approximate surface area is 362 Å². The number of nitrogens with zero attached hydrogens (tertiary/aromatic N) is 7. The number of non-ortho nitro benzene ring substituents is 1. The molecule has 7 N–H and O–H groups in total. The molecule has 0 aliphatic carbocycles. The van der Waals surface area contributed by atoms with Crippen LogP contribution >= 0.6 is 0 Å². The molecule has 0 amide bonds. The quantitative estimate of drug-likeness (QED) is 0.0866. The molecule has 7 heterocycles. The third-order valence-electron chi connectivity index (χ3n) is 10.7. The van der Waals surface area contributed by atoms with Gasteiger partial charge >= 0.3 is 5.69 Å². The fourth-order valence-corrected chi connectivity index (χ4v) is 7.70. The Morgan fingerprint density at radius 1 is 0.766 bits per heavy atom. The lowest BCUT2D eigenvalue weighted by Crippen LogP contribution is -2.25. The zero-order valence-electron chi connectivity index (χ0n) is 34.7. The Bertz CT molecular complexity index is 2450. The maximum atomic E-state index is 11.2. The predicted molar refractivity (Wildman–Crippen MR) is 221 cm³/mol. The summed E-state index contributed by atoms with van der Waals surface area (Å²) in [5.74, 6) is 0.868. The first-order valence-electron chi connectivity index (χ1n) is 20.0. The van der Waals surface area contributed by atoms with Crippen LogP contribution in [0.1, 0.15) is 57.2 Å². The predicted octanol–water partition coefficient (Wildman–Crippen LogP) is 2.94. The molecule has 64 heavy (non-hydrogen) atoms. The van der Waals surface area contributed by atoms with Crippen LogP contribution in [-0.2, 0) is 18.9 Å². The molecule has 0 spiro atoms. The smallest absolute Gasteiger partial charge is 0.313 e. The van der Waals surface area contributed by atoms with E-state index in [4.69, 9.17) is 44.4 Å². The first-order valence-corrected chi connectivity index (χ1v) is 20.0. The highest BCUT2D eigenvalue weighted by Crippen LogP contribution is 2.45. The van der Waals surface area contributed by atoms with Crippen molar-refractivity contribution in [3.63, 3.8) is 0 Å². The molecule has 25 nitrogen and oxygen atoms in total. The van der Waals surface area contributed by atoms with Crippen molar-refractivity contribution < 1.29 is 68.7 Å². The highest BCUT2D eigenvalue weighted by molar-refractivity contribution is 5.91. The third kappa shape index (κ3) is 9.66. The van der Waals surface area contributed by atoms with Gasteiger partial charge in [-0.15, -0.1) is 0 Å². The molecule has 3 fully saturated rings. The van der Waals surface area contributed by atoms with Crippen LogP contribution in [0.3, 0.4) is 0 Å². The number of nitro benzene ring substituents is 2. The fraction of sp³-hybridized carbons (Fsp3) is 0.487. The number of ether oxygens (including phenoxy) is 6. The first kappa shape index (κ1) is 47.3. The second kappa shape index (κ2) is 20.6. The van der Waals surface area contributed by atoms with E-state index in [1.165, 1.54) is 30.1 Å². The number of hydrogen-bond acceptors (Lipinski definition) is 20. The van der Waals surface area contributed by atoms with Gasteiger partial charge in [-0.25, -0.2) is 9.97 Å². The van der Waals surface area contributed by atoms with Crippen molar-refractivity contribution in [1.29, 1.82) is 0 Å². The van der Waals surface area contributed by atoms with Gasteiger partial charge in [-0.2, -0.15) is 0 Å². The highest BCUT2D eigenvalue weighted by atomic mass is 16.7. The maximum Gasteiger partial charge on any atom is 0.313 e. The van der Waals surface area contributed by atoms with Gasteiger partial charge in [-0.05, 0) is 12.1 Å². The average Bonchev–Trinajstić information content (AvgIpc) is 4.15. The Morgan fingerprint density at radius 2 is 1.36 bits per heavy atom. The lowest BCUT2D eigenvalue weighted by molar-refractivity contribution is -0.386. The normalized spacial score (nSPS) is 25.5. The number of nitrogen functional groups attached to an aromatic ring is 1. The van der Waals surface area contributed by atoms with Crippen molar-refractivity contribution in [3.05, 3.63) is 91.0 Å². The van der Waals surface area contributed by atoms with Crippen molar-refractivity contribution in [2.24, 2.45) is 0 Å². The van der Waals surface area contributed by atoms with Gasteiger partial charge in [0.1, 0.15) is 48.0 Å². The number of aliphatic hydroxyl groups is 5. The van der Waals surface area contributed by atoms with E-state index in [0.29, 0.717) is 29.0 Å². The topological polar surface area (TPSA) is 348 Å². The molecule has 9 atom stereocenters. The van der Waals surface area contributed by atoms with E-state index in [1.54, 1.807) is 35.0 Å². The number of nitrogens with two attached hydrogens (primary N) is 1. The number of fused-ring (bicyclic) bond motifs is 3. The molecule has 2 aromatic carbocycles. The van der Waals surface area contributed by atoms with Crippen LogP contribution in [0.5, 0.6) is 11.5 Å². The molecule has 3 aromatic heterocycles. The van der Waals surface area contributed by atoms with Crippen LogP contribution in [0, 0.1) is 30.3 Å². The molecule has 9 rings (SSSR count). The zero-order chi connectivity index (χ0) is 46.4.